The first-order valence-corrected chi connectivity index (χ1v) is 11.6. The number of carbonyl (C=O) groups is 2. The molecule has 2 aromatic carbocycles. The van der Waals surface area contributed by atoms with E-state index < -0.39 is 10.0 Å². The van der Waals surface area contributed by atoms with E-state index in [2.05, 4.69) is 10.6 Å². The number of benzene rings is 2. The third kappa shape index (κ3) is 5.82. The lowest BCUT2D eigenvalue weighted by Gasteiger charge is -2.26. The Morgan fingerprint density at radius 1 is 1.13 bits per heavy atom. The molecule has 0 aromatic heterocycles. The van der Waals surface area contributed by atoms with Crippen LogP contribution in [0.2, 0.25) is 5.02 Å². The number of carbonyl (C=O) groups excluding carboxylic acids is 2. The first kappa shape index (κ1) is 23.2. The Morgan fingerprint density at radius 3 is 2.55 bits per heavy atom. The second-order valence-corrected chi connectivity index (χ2v) is 9.37. The van der Waals surface area contributed by atoms with E-state index in [0.717, 1.165) is 5.56 Å². The first-order chi connectivity index (χ1) is 14.8. The third-order valence-electron chi connectivity index (χ3n) is 4.85. The molecule has 1 saturated heterocycles. The Kier molecular flexibility index (Phi) is 7.66. The van der Waals surface area contributed by atoms with E-state index in [9.17, 15) is 18.0 Å². The predicted molar refractivity (Wildman–Crippen MR) is 118 cm³/mol. The number of ether oxygens (including phenoxy) is 1. The average Bonchev–Trinajstić information content (AvgIpc) is 2.76. The molecule has 1 aliphatic heterocycles. The van der Waals surface area contributed by atoms with Crippen LogP contribution in [-0.2, 0) is 19.6 Å². The average molecular weight is 466 g/mol. The minimum atomic E-state index is -3.67. The van der Waals surface area contributed by atoms with Gasteiger partial charge in [0.25, 0.3) is 5.91 Å². The number of aryl methyl sites for hydroxylation is 1. The van der Waals surface area contributed by atoms with Crippen molar-refractivity contribution in [1.29, 1.82) is 0 Å². The zero-order valence-electron chi connectivity index (χ0n) is 17.1. The van der Waals surface area contributed by atoms with Crippen LogP contribution in [0.15, 0.2) is 47.4 Å². The SMILES string of the molecule is Cc1ccc(S(=O)(=O)N2CCOCC2)cc1NC(=O)CCNC(=O)c1ccccc1Cl. The lowest BCUT2D eigenvalue weighted by atomic mass is 10.2. The molecule has 2 amide bonds. The summed E-state index contributed by atoms with van der Waals surface area (Å²) >= 11 is 5.99. The maximum Gasteiger partial charge on any atom is 0.252 e. The van der Waals surface area contributed by atoms with Gasteiger partial charge in [-0.2, -0.15) is 4.31 Å². The number of amides is 2. The van der Waals surface area contributed by atoms with Gasteiger partial charge in [0, 0.05) is 31.7 Å². The molecule has 2 N–H and O–H groups in total. The lowest BCUT2D eigenvalue weighted by molar-refractivity contribution is -0.116. The molecule has 0 spiro atoms. The van der Waals surface area contributed by atoms with E-state index in [1.807, 2.05) is 0 Å². The van der Waals surface area contributed by atoms with Gasteiger partial charge in [0.2, 0.25) is 15.9 Å². The van der Waals surface area contributed by atoms with E-state index in [0.29, 0.717) is 42.6 Å². The molecule has 0 radical (unpaired) electrons. The van der Waals surface area contributed by atoms with Gasteiger partial charge in [0.05, 0.1) is 28.7 Å². The van der Waals surface area contributed by atoms with Gasteiger partial charge in [-0.3, -0.25) is 9.59 Å². The van der Waals surface area contributed by atoms with Crippen LogP contribution < -0.4 is 10.6 Å². The van der Waals surface area contributed by atoms with Crippen molar-refractivity contribution in [2.24, 2.45) is 0 Å². The second kappa shape index (κ2) is 10.2. The highest BCUT2D eigenvalue weighted by atomic mass is 35.5. The second-order valence-electron chi connectivity index (χ2n) is 7.03. The molecule has 31 heavy (non-hydrogen) atoms. The summed E-state index contributed by atoms with van der Waals surface area (Å²) in [6.45, 7) is 3.19. The highest BCUT2D eigenvalue weighted by Gasteiger charge is 2.26. The number of rotatable bonds is 7. The summed E-state index contributed by atoms with van der Waals surface area (Å²) in [5, 5.41) is 5.71. The maximum atomic E-state index is 12.8. The molecule has 0 atom stereocenters. The monoisotopic (exact) mass is 465 g/mol. The molecule has 1 heterocycles. The quantitative estimate of drug-likeness (QED) is 0.653. The van der Waals surface area contributed by atoms with Crippen LogP contribution in [0.1, 0.15) is 22.3 Å². The van der Waals surface area contributed by atoms with Crippen LogP contribution in [-0.4, -0.2) is 57.4 Å². The van der Waals surface area contributed by atoms with Crippen molar-refractivity contribution in [2.75, 3.05) is 38.2 Å². The van der Waals surface area contributed by atoms with Crippen molar-refractivity contribution in [3.8, 4) is 0 Å². The van der Waals surface area contributed by atoms with Gasteiger partial charge >= 0.3 is 0 Å². The lowest BCUT2D eigenvalue weighted by Crippen LogP contribution is -2.40. The smallest absolute Gasteiger partial charge is 0.252 e. The number of hydrogen-bond acceptors (Lipinski definition) is 5. The Hall–Kier alpha value is -2.46. The summed E-state index contributed by atoms with van der Waals surface area (Å²) in [7, 11) is -3.67. The summed E-state index contributed by atoms with van der Waals surface area (Å²) in [6.07, 6.45) is 0.0239. The van der Waals surface area contributed by atoms with Gasteiger partial charge in [0.1, 0.15) is 0 Å². The molecule has 0 unspecified atom stereocenters. The normalized spacial score (nSPS) is 14.8. The maximum absolute atomic E-state index is 12.8. The summed E-state index contributed by atoms with van der Waals surface area (Å²) in [5.74, 6) is -0.711. The number of halogens is 1. The Bertz CT molecular complexity index is 1070. The number of hydrogen-bond donors (Lipinski definition) is 2. The van der Waals surface area contributed by atoms with Crippen molar-refractivity contribution >= 4 is 39.1 Å². The highest BCUT2D eigenvalue weighted by molar-refractivity contribution is 7.89. The molecule has 2 aromatic rings. The molecule has 1 fully saturated rings. The van der Waals surface area contributed by atoms with Crippen LogP contribution >= 0.6 is 11.6 Å². The number of anilines is 1. The third-order valence-corrected chi connectivity index (χ3v) is 7.07. The topological polar surface area (TPSA) is 105 Å². The van der Waals surface area contributed by atoms with Crippen molar-refractivity contribution in [2.45, 2.75) is 18.2 Å². The fraction of sp³-hybridized carbons (Fsp3) is 0.333. The summed E-state index contributed by atoms with van der Waals surface area (Å²) in [5.41, 5.74) is 1.48. The zero-order valence-corrected chi connectivity index (χ0v) is 18.6. The molecular weight excluding hydrogens is 442 g/mol. The molecule has 10 heteroatoms. The molecule has 0 saturated carbocycles. The predicted octanol–water partition coefficient (Wildman–Crippen LogP) is 2.43. The van der Waals surface area contributed by atoms with Gasteiger partial charge < -0.3 is 15.4 Å². The fourth-order valence-electron chi connectivity index (χ4n) is 3.08. The fourth-order valence-corrected chi connectivity index (χ4v) is 4.73. The molecule has 3 rings (SSSR count). The van der Waals surface area contributed by atoms with E-state index in [-0.39, 0.29) is 29.7 Å². The van der Waals surface area contributed by atoms with E-state index in [1.54, 1.807) is 37.3 Å². The number of sulfonamides is 1. The van der Waals surface area contributed by atoms with Crippen LogP contribution in [0.4, 0.5) is 5.69 Å². The van der Waals surface area contributed by atoms with Crippen molar-refractivity contribution in [1.82, 2.24) is 9.62 Å². The summed E-state index contributed by atoms with van der Waals surface area (Å²) in [6, 6.07) is 11.3. The van der Waals surface area contributed by atoms with Crippen LogP contribution in [0.5, 0.6) is 0 Å². The van der Waals surface area contributed by atoms with Crippen LogP contribution in [0, 0.1) is 6.92 Å². The largest absolute Gasteiger partial charge is 0.379 e. The molecule has 166 valence electrons. The molecule has 1 aliphatic rings. The first-order valence-electron chi connectivity index (χ1n) is 9.80. The van der Waals surface area contributed by atoms with E-state index >= 15 is 0 Å². The number of morpholine rings is 1. The number of nitrogens with one attached hydrogen (secondary N) is 2. The van der Waals surface area contributed by atoms with Crippen LogP contribution in [0.25, 0.3) is 0 Å². The standard InChI is InChI=1S/C21H24ClN3O5S/c1-15-6-7-16(31(28,29)25-10-12-30-13-11-25)14-19(15)24-20(26)8-9-23-21(27)17-4-2-3-5-18(17)22/h2-7,14H,8-13H2,1H3,(H,23,27)(H,24,26). The minimum absolute atomic E-state index is 0.0239. The van der Waals surface area contributed by atoms with Gasteiger partial charge in [-0.15, -0.1) is 0 Å². The van der Waals surface area contributed by atoms with Crippen LogP contribution in [0.3, 0.4) is 0 Å². The Labute approximate surface area is 186 Å². The van der Waals surface area contributed by atoms with Gasteiger partial charge in [-0.25, -0.2) is 8.42 Å². The Balaban J connectivity index is 1.60. The summed E-state index contributed by atoms with van der Waals surface area (Å²) in [4.78, 5) is 24.6. The van der Waals surface area contributed by atoms with Gasteiger partial charge in [0.15, 0.2) is 0 Å². The number of nitrogens with zero attached hydrogens (tertiary/aromatic N) is 1. The minimum Gasteiger partial charge on any atom is -0.379 e. The van der Waals surface area contributed by atoms with Crippen molar-refractivity contribution < 1.29 is 22.7 Å². The zero-order chi connectivity index (χ0) is 22.4. The molecule has 0 bridgehead atoms. The molecular formula is C21H24ClN3O5S. The molecule has 8 nitrogen and oxygen atoms in total. The highest BCUT2D eigenvalue weighted by Crippen LogP contribution is 2.24. The Morgan fingerprint density at radius 2 is 1.84 bits per heavy atom. The van der Waals surface area contributed by atoms with Crippen molar-refractivity contribution in [3.05, 3.63) is 58.6 Å². The van der Waals surface area contributed by atoms with E-state index in [4.69, 9.17) is 16.3 Å². The van der Waals surface area contributed by atoms with Gasteiger partial charge in [-0.1, -0.05) is 29.8 Å². The van der Waals surface area contributed by atoms with E-state index in [1.165, 1.54) is 16.4 Å². The summed E-state index contributed by atoms with van der Waals surface area (Å²) < 4.78 is 32.3. The van der Waals surface area contributed by atoms with Gasteiger partial charge in [-0.05, 0) is 36.8 Å². The molecule has 0 aliphatic carbocycles. The van der Waals surface area contributed by atoms with Crippen molar-refractivity contribution in [3.63, 3.8) is 0 Å².